The number of hydrogen-bond donors (Lipinski definition) is 0. The first-order chi connectivity index (χ1) is 12.5. The van der Waals surface area contributed by atoms with Crippen LogP contribution in [-0.2, 0) is 0 Å². The number of hydrogen-bond acceptors (Lipinski definition) is 7. The van der Waals surface area contributed by atoms with Crippen molar-refractivity contribution in [1.82, 2.24) is 20.2 Å². The molecule has 1 aromatic carbocycles. The summed E-state index contributed by atoms with van der Waals surface area (Å²) in [5.41, 5.74) is 3.19. The zero-order chi connectivity index (χ0) is 18.7. The standard InChI is InChI=1S/C16H13F2N5O2S/c1-9-12(19-8-26-9)16(24)23(2)20-7-10-3-5-11(6-4-10)14-21-22-15(25-14)13(17)18/h3-8,13H,1-2H3/b20-7+. The van der Waals surface area contributed by atoms with Crippen molar-refractivity contribution in [2.24, 2.45) is 5.10 Å². The molecule has 0 aliphatic rings. The summed E-state index contributed by atoms with van der Waals surface area (Å²) in [6.07, 6.45) is -1.31. The molecule has 0 N–H and O–H groups in total. The lowest BCUT2D eigenvalue weighted by Gasteiger charge is -2.09. The maximum atomic E-state index is 12.5. The first kappa shape index (κ1) is 17.8. The Kier molecular flexibility index (Phi) is 5.12. The van der Waals surface area contributed by atoms with E-state index in [2.05, 4.69) is 20.3 Å². The van der Waals surface area contributed by atoms with Crippen molar-refractivity contribution in [3.63, 3.8) is 0 Å². The molecule has 0 spiro atoms. The van der Waals surface area contributed by atoms with Crippen LogP contribution in [-0.4, -0.2) is 39.4 Å². The Labute approximate surface area is 151 Å². The van der Waals surface area contributed by atoms with Gasteiger partial charge in [-0.1, -0.05) is 12.1 Å². The summed E-state index contributed by atoms with van der Waals surface area (Å²) >= 11 is 1.39. The zero-order valence-electron chi connectivity index (χ0n) is 13.8. The number of carbonyl (C=O) groups excluding carboxylic acids is 1. The average molecular weight is 377 g/mol. The number of benzene rings is 1. The van der Waals surface area contributed by atoms with Gasteiger partial charge in [0, 0.05) is 17.5 Å². The molecule has 2 aromatic heterocycles. The van der Waals surface area contributed by atoms with E-state index in [9.17, 15) is 13.6 Å². The number of alkyl halides is 2. The van der Waals surface area contributed by atoms with Crippen LogP contribution in [0.2, 0.25) is 0 Å². The number of rotatable bonds is 5. The van der Waals surface area contributed by atoms with Crippen molar-refractivity contribution in [3.05, 3.63) is 51.8 Å². The lowest BCUT2D eigenvalue weighted by Crippen LogP contribution is -2.22. The van der Waals surface area contributed by atoms with Gasteiger partial charge in [0.1, 0.15) is 5.69 Å². The molecular weight excluding hydrogens is 364 g/mol. The molecule has 7 nitrogen and oxygen atoms in total. The molecule has 0 bridgehead atoms. The normalized spacial score (nSPS) is 11.4. The van der Waals surface area contributed by atoms with Crippen LogP contribution in [0, 0.1) is 6.92 Å². The van der Waals surface area contributed by atoms with Gasteiger partial charge in [-0.15, -0.1) is 21.5 Å². The Morgan fingerprint density at radius 3 is 2.62 bits per heavy atom. The summed E-state index contributed by atoms with van der Waals surface area (Å²) in [4.78, 5) is 17.1. The number of carbonyl (C=O) groups is 1. The Hall–Kier alpha value is -3.01. The molecule has 0 fully saturated rings. The minimum Gasteiger partial charge on any atom is -0.415 e. The van der Waals surface area contributed by atoms with Crippen LogP contribution in [0.25, 0.3) is 11.5 Å². The predicted molar refractivity (Wildman–Crippen MR) is 91.2 cm³/mol. The quantitative estimate of drug-likeness (QED) is 0.501. The molecule has 3 rings (SSSR count). The molecule has 0 atom stereocenters. The first-order valence-electron chi connectivity index (χ1n) is 7.40. The molecule has 0 saturated carbocycles. The number of nitrogens with zero attached hydrogens (tertiary/aromatic N) is 5. The molecule has 1 amide bonds. The average Bonchev–Trinajstić information content (AvgIpc) is 3.28. The Bertz CT molecular complexity index is 936. The van der Waals surface area contributed by atoms with Gasteiger partial charge in [0.05, 0.1) is 11.7 Å². The maximum absolute atomic E-state index is 12.5. The summed E-state index contributed by atoms with van der Waals surface area (Å²) in [6.45, 7) is 1.82. The molecule has 0 unspecified atom stereocenters. The summed E-state index contributed by atoms with van der Waals surface area (Å²) in [5, 5.41) is 12.2. The molecule has 26 heavy (non-hydrogen) atoms. The van der Waals surface area contributed by atoms with E-state index < -0.39 is 12.3 Å². The second-order valence-electron chi connectivity index (χ2n) is 5.20. The zero-order valence-corrected chi connectivity index (χ0v) is 14.6. The van der Waals surface area contributed by atoms with Crippen LogP contribution in [0.4, 0.5) is 8.78 Å². The fourth-order valence-electron chi connectivity index (χ4n) is 2.02. The lowest BCUT2D eigenvalue weighted by molar-refractivity contribution is 0.0794. The van der Waals surface area contributed by atoms with Crippen LogP contribution in [0.1, 0.15) is 33.2 Å². The van der Waals surface area contributed by atoms with Crippen LogP contribution < -0.4 is 0 Å². The van der Waals surface area contributed by atoms with Crippen LogP contribution >= 0.6 is 11.3 Å². The molecule has 0 radical (unpaired) electrons. The number of amides is 1. The second kappa shape index (κ2) is 7.48. The Morgan fingerprint density at radius 1 is 1.31 bits per heavy atom. The maximum Gasteiger partial charge on any atom is 0.314 e. The van der Waals surface area contributed by atoms with Crippen molar-refractivity contribution in [1.29, 1.82) is 0 Å². The van der Waals surface area contributed by atoms with E-state index in [-0.39, 0.29) is 11.8 Å². The van der Waals surface area contributed by atoms with E-state index in [0.29, 0.717) is 16.8 Å². The Morgan fingerprint density at radius 2 is 2.04 bits per heavy atom. The summed E-state index contributed by atoms with van der Waals surface area (Å²) in [7, 11) is 1.54. The highest BCUT2D eigenvalue weighted by molar-refractivity contribution is 7.09. The van der Waals surface area contributed by atoms with Gasteiger partial charge in [0.15, 0.2) is 0 Å². The third kappa shape index (κ3) is 3.80. The second-order valence-corrected chi connectivity index (χ2v) is 6.26. The molecule has 0 saturated heterocycles. The van der Waals surface area contributed by atoms with E-state index >= 15 is 0 Å². The largest absolute Gasteiger partial charge is 0.415 e. The van der Waals surface area contributed by atoms with Crippen molar-refractivity contribution in [2.45, 2.75) is 13.3 Å². The van der Waals surface area contributed by atoms with Crippen LogP contribution in [0.3, 0.4) is 0 Å². The highest BCUT2D eigenvalue weighted by atomic mass is 32.1. The molecule has 134 valence electrons. The Balaban J connectivity index is 1.69. The predicted octanol–water partition coefficient (Wildman–Crippen LogP) is 3.55. The number of aryl methyl sites for hydroxylation is 1. The summed E-state index contributed by atoms with van der Waals surface area (Å²) in [5.74, 6) is -1.01. The fourth-order valence-corrected chi connectivity index (χ4v) is 2.59. The fraction of sp³-hybridized carbons (Fsp3) is 0.188. The molecule has 0 aliphatic heterocycles. The number of hydrazone groups is 1. The van der Waals surface area contributed by atoms with Gasteiger partial charge in [-0.25, -0.2) is 9.99 Å². The molecule has 2 heterocycles. The van der Waals surface area contributed by atoms with E-state index in [1.54, 1.807) is 29.8 Å². The molecule has 0 aliphatic carbocycles. The summed E-state index contributed by atoms with van der Waals surface area (Å²) in [6, 6.07) is 6.65. The number of aromatic nitrogens is 3. The van der Waals surface area contributed by atoms with Crippen molar-refractivity contribution >= 4 is 23.5 Å². The smallest absolute Gasteiger partial charge is 0.314 e. The van der Waals surface area contributed by atoms with Gasteiger partial charge in [-0.2, -0.15) is 13.9 Å². The van der Waals surface area contributed by atoms with Gasteiger partial charge in [0.25, 0.3) is 11.8 Å². The van der Waals surface area contributed by atoms with E-state index in [4.69, 9.17) is 4.42 Å². The third-order valence-electron chi connectivity index (χ3n) is 3.41. The lowest BCUT2D eigenvalue weighted by atomic mass is 10.1. The third-order valence-corrected chi connectivity index (χ3v) is 4.16. The van der Waals surface area contributed by atoms with Crippen molar-refractivity contribution in [3.8, 4) is 11.5 Å². The highest BCUT2D eigenvalue weighted by Crippen LogP contribution is 2.23. The number of halogens is 2. The van der Waals surface area contributed by atoms with E-state index in [0.717, 1.165) is 4.88 Å². The van der Waals surface area contributed by atoms with Crippen molar-refractivity contribution < 1.29 is 18.0 Å². The minimum absolute atomic E-state index is 0.00934. The summed E-state index contributed by atoms with van der Waals surface area (Å²) < 4.78 is 29.8. The highest BCUT2D eigenvalue weighted by Gasteiger charge is 2.17. The van der Waals surface area contributed by atoms with Crippen molar-refractivity contribution in [2.75, 3.05) is 7.05 Å². The number of thiazole rings is 1. The van der Waals surface area contributed by atoms with Gasteiger partial charge in [-0.3, -0.25) is 4.79 Å². The minimum atomic E-state index is -2.81. The molecule has 3 aromatic rings. The molecule has 10 heteroatoms. The van der Waals surface area contributed by atoms with Gasteiger partial charge < -0.3 is 4.42 Å². The van der Waals surface area contributed by atoms with Gasteiger partial charge in [0.2, 0.25) is 5.89 Å². The first-order valence-corrected chi connectivity index (χ1v) is 8.28. The van der Waals surface area contributed by atoms with Gasteiger partial charge in [-0.05, 0) is 24.6 Å². The SMILES string of the molecule is Cc1scnc1C(=O)N(C)/N=C/c1ccc(-c2nnc(C(F)F)o2)cc1. The topological polar surface area (TPSA) is 84.5 Å². The van der Waals surface area contributed by atoms with Gasteiger partial charge >= 0.3 is 6.43 Å². The van der Waals surface area contributed by atoms with Crippen LogP contribution in [0.15, 0.2) is 39.3 Å². The van der Waals surface area contributed by atoms with E-state index in [1.165, 1.54) is 29.6 Å². The van der Waals surface area contributed by atoms with E-state index in [1.807, 2.05) is 6.92 Å². The molecular formula is C16H13F2N5O2S. The monoisotopic (exact) mass is 377 g/mol. The van der Waals surface area contributed by atoms with Crippen LogP contribution in [0.5, 0.6) is 0 Å².